The molecule has 2 N–H and O–H groups in total. The van der Waals surface area contributed by atoms with Gasteiger partial charge in [0.25, 0.3) is 0 Å². The monoisotopic (exact) mass is 239 g/mol. The lowest BCUT2D eigenvalue weighted by molar-refractivity contribution is 0.512. The normalized spacial score (nSPS) is 13.5. The van der Waals surface area contributed by atoms with E-state index in [1.165, 1.54) is 0 Å². The summed E-state index contributed by atoms with van der Waals surface area (Å²) in [6, 6.07) is 7.86. The van der Waals surface area contributed by atoms with E-state index in [1.807, 2.05) is 31.2 Å². The van der Waals surface area contributed by atoms with Crippen molar-refractivity contribution in [3.05, 3.63) is 34.5 Å². The van der Waals surface area contributed by atoms with Crippen LogP contribution in [0.2, 0.25) is 0 Å². The number of hydrogen-bond acceptors (Lipinski definition) is 2. The van der Waals surface area contributed by atoms with E-state index in [2.05, 4.69) is 15.9 Å². The lowest BCUT2D eigenvalue weighted by Gasteiger charge is -1.96. The molecule has 2 aromatic rings. The van der Waals surface area contributed by atoms with Crippen LogP contribution in [0.1, 0.15) is 18.7 Å². The summed E-state index contributed by atoms with van der Waals surface area (Å²) in [5.74, 6) is 0.821. The van der Waals surface area contributed by atoms with Crippen LogP contribution in [0.3, 0.4) is 0 Å². The molecule has 1 aromatic carbocycles. The first-order valence-corrected chi connectivity index (χ1v) is 4.91. The zero-order chi connectivity index (χ0) is 9.42. The molecule has 0 amide bonds. The van der Waals surface area contributed by atoms with Gasteiger partial charge < -0.3 is 10.2 Å². The van der Waals surface area contributed by atoms with Crippen LogP contribution >= 0.6 is 15.9 Å². The van der Waals surface area contributed by atoms with Crippen LogP contribution in [-0.4, -0.2) is 0 Å². The minimum atomic E-state index is -0.0562. The Morgan fingerprint density at radius 2 is 2.23 bits per heavy atom. The zero-order valence-corrected chi connectivity index (χ0v) is 8.84. The summed E-state index contributed by atoms with van der Waals surface area (Å²) in [7, 11) is 0. The minimum Gasteiger partial charge on any atom is -0.458 e. The Hall–Kier alpha value is -0.800. The SMILES string of the molecule is CC(N)c1cc2cccc(Br)c2o1. The van der Waals surface area contributed by atoms with Gasteiger partial charge in [0.15, 0.2) is 0 Å². The number of hydrogen-bond donors (Lipinski definition) is 1. The highest BCUT2D eigenvalue weighted by Crippen LogP contribution is 2.28. The maximum absolute atomic E-state index is 5.72. The number of fused-ring (bicyclic) bond motifs is 1. The highest BCUT2D eigenvalue weighted by atomic mass is 79.9. The molecule has 1 unspecified atom stereocenters. The molecule has 0 spiro atoms. The molecule has 0 aliphatic rings. The zero-order valence-electron chi connectivity index (χ0n) is 7.25. The van der Waals surface area contributed by atoms with Gasteiger partial charge in [0.05, 0.1) is 10.5 Å². The van der Waals surface area contributed by atoms with Gasteiger partial charge in [-0.05, 0) is 35.0 Å². The van der Waals surface area contributed by atoms with Gasteiger partial charge in [-0.25, -0.2) is 0 Å². The molecule has 1 aromatic heterocycles. The van der Waals surface area contributed by atoms with Crippen molar-refractivity contribution >= 4 is 26.9 Å². The fraction of sp³-hybridized carbons (Fsp3) is 0.200. The van der Waals surface area contributed by atoms with Crippen molar-refractivity contribution in [2.24, 2.45) is 5.73 Å². The Morgan fingerprint density at radius 1 is 1.46 bits per heavy atom. The third kappa shape index (κ3) is 1.49. The van der Waals surface area contributed by atoms with Crippen LogP contribution in [0.4, 0.5) is 0 Å². The fourth-order valence-corrected chi connectivity index (χ4v) is 1.73. The fourth-order valence-electron chi connectivity index (χ4n) is 1.27. The first-order valence-electron chi connectivity index (χ1n) is 4.12. The molecular weight excluding hydrogens is 230 g/mol. The summed E-state index contributed by atoms with van der Waals surface area (Å²) in [5, 5.41) is 1.08. The summed E-state index contributed by atoms with van der Waals surface area (Å²) >= 11 is 3.42. The quantitative estimate of drug-likeness (QED) is 0.831. The molecule has 0 fully saturated rings. The highest BCUT2D eigenvalue weighted by Gasteiger charge is 2.08. The molecule has 0 aliphatic carbocycles. The Balaban J connectivity index is 2.68. The van der Waals surface area contributed by atoms with Gasteiger partial charge in [-0.1, -0.05) is 12.1 Å². The second-order valence-corrected chi connectivity index (χ2v) is 3.95. The summed E-state index contributed by atoms with van der Waals surface area (Å²) in [6.45, 7) is 1.91. The molecule has 0 saturated carbocycles. The first-order chi connectivity index (χ1) is 6.18. The van der Waals surface area contributed by atoms with Gasteiger partial charge in [0.1, 0.15) is 11.3 Å². The Labute approximate surface area is 84.8 Å². The van der Waals surface area contributed by atoms with Crippen molar-refractivity contribution in [2.75, 3.05) is 0 Å². The van der Waals surface area contributed by atoms with Gasteiger partial charge in [0.2, 0.25) is 0 Å². The van der Waals surface area contributed by atoms with Crippen molar-refractivity contribution in [3.8, 4) is 0 Å². The lowest BCUT2D eigenvalue weighted by atomic mass is 10.2. The van der Waals surface area contributed by atoms with Crippen LogP contribution in [0.25, 0.3) is 11.0 Å². The molecule has 13 heavy (non-hydrogen) atoms. The Kier molecular flexibility index (Phi) is 2.14. The molecule has 1 atom stereocenters. The Morgan fingerprint density at radius 3 is 2.85 bits per heavy atom. The van der Waals surface area contributed by atoms with Crippen LogP contribution in [-0.2, 0) is 0 Å². The average Bonchev–Trinajstić information content (AvgIpc) is 2.49. The molecule has 0 bridgehead atoms. The summed E-state index contributed by atoms with van der Waals surface area (Å²) < 4.78 is 6.56. The van der Waals surface area contributed by atoms with Crippen molar-refractivity contribution in [3.63, 3.8) is 0 Å². The van der Waals surface area contributed by atoms with Crippen LogP contribution in [0.5, 0.6) is 0 Å². The summed E-state index contributed by atoms with van der Waals surface area (Å²) in [6.07, 6.45) is 0. The van der Waals surface area contributed by atoms with Gasteiger partial charge >= 0.3 is 0 Å². The van der Waals surface area contributed by atoms with E-state index in [1.54, 1.807) is 0 Å². The number of benzene rings is 1. The van der Waals surface area contributed by atoms with Crippen molar-refractivity contribution in [1.29, 1.82) is 0 Å². The second kappa shape index (κ2) is 3.16. The van der Waals surface area contributed by atoms with E-state index >= 15 is 0 Å². The number of para-hydroxylation sites is 1. The molecule has 2 nitrogen and oxygen atoms in total. The van der Waals surface area contributed by atoms with Crippen molar-refractivity contribution in [2.45, 2.75) is 13.0 Å². The maximum Gasteiger partial charge on any atom is 0.148 e. The van der Waals surface area contributed by atoms with E-state index in [9.17, 15) is 0 Å². The molecule has 0 radical (unpaired) electrons. The number of rotatable bonds is 1. The standard InChI is InChI=1S/C10H10BrNO/c1-6(12)9-5-7-3-2-4-8(11)10(7)13-9/h2-6H,12H2,1H3. The smallest absolute Gasteiger partial charge is 0.148 e. The molecule has 0 saturated heterocycles. The second-order valence-electron chi connectivity index (χ2n) is 3.10. The summed E-state index contributed by atoms with van der Waals surface area (Å²) in [5.41, 5.74) is 6.59. The van der Waals surface area contributed by atoms with Gasteiger partial charge in [0, 0.05) is 5.39 Å². The van der Waals surface area contributed by atoms with E-state index in [0.29, 0.717) is 0 Å². The largest absolute Gasteiger partial charge is 0.458 e. The topological polar surface area (TPSA) is 39.2 Å². The number of nitrogens with two attached hydrogens (primary N) is 1. The van der Waals surface area contributed by atoms with Crippen LogP contribution < -0.4 is 5.73 Å². The summed E-state index contributed by atoms with van der Waals surface area (Å²) in [4.78, 5) is 0. The van der Waals surface area contributed by atoms with Crippen molar-refractivity contribution in [1.82, 2.24) is 0 Å². The molecular formula is C10H10BrNO. The Bertz CT molecular complexity index is 433. The van der Waals surface area contributed by atoms with Gasteiger partial charge in [-0.3, -0.25) is 0 Å². The molecule has 1 heterocycles. The van der Waals surface area contributed by atoms with E-state index in [0.717, 1.165) is 21.2 Å². The molecule has 0 aliphatic heterocycles. The van der Waals surface area contributed by atoms with Gasteiger partial charge in [-0.2, -0.15) is 0 Å². The lowest BCUT2D eigenvalue weighted by Crippen LogP contribution is -2.02. The van der Waals surface area contributed by atoms with Crippen molar-refractivity contribution < 1.29 is 4.42 Å². The maximum atomic E-state index is 5.72. The van der Waals surface area contributed by atoms with Gasteiger partial charge in [-0.15, -0.1) is 0 Å². The predicted octanol–water partition coefficient (Wildman–Crippen LogP) is 3.22. The molecule has 3 heteroatoms. The van der Waals surface area contributed by atoms with E-state index < -0.39 is 0 Å². The number of furan rings is 1. The average molecular weight is 240 g/mol. The number of halogens is 1. The van der Waals surface area contributed by atoms with Crippen LogP contribution in [0, 0.1) is 0 Å². The molecule has 2 rings (SSSR count). The highest BCUT2D eigenvalue weighted by molar-refractivity contribution is 9.10. The third-order valence-electron chi connectivity index (χ3n) is 1.96. The predicted molar refractivity (Wildman–Crippen MR) is 56.5 cm³/mol. The van der Waals surface area contributed by atoms with E-state index in [4.69, 9.17) is 10.2 Å². The minimum absolute atomic E-state index is 0.0562. The molecule has 68 valence electrons. The third-order valence-corrected chi connectivity index (χ3v) is 2.59. The first kappa shape index (κ1) is 8.78. The van der Waals surface area contributed by atoms with Crippen LogP contribution in [0.15, 0.2) is 33.2 Å². The van der Waals surface area contributed by atoms with E-state index in [-0.39, 0.29) is 6.04 Å².